The summed E-state index contributed by atoms with van der Waals surface area (Å²) in [6.45, 7) is 5.09. The molecule has 0 radical (unpaired) electrons. The maximum Gasteiger partial charge on any atom is 0.264 e. The van der Waals surface area contributed by atoms with Gasteiger partial charge < -0.3 is 10.2 Å². The number of sulfonamides is 1. The number of anilines is 1. The number of amides is 2. The minimum Gasteiger partial charge on any atom is -0.357 e. The number of hydrogen-bond acceptors (Lipinski definition) is 4. The molecular weight excluding hydrogens is 510 g/mol. The number of aryl methyl sites for hydroxylation is 2. The van der Waals surface area contributed by atoms with Gasteiger partial charge in [0.2, 0.25) is 11.8 Å². The second-order valence-electron chi connectivity index (χ2n) is 8.77. The van der Waals surface area contributed by atoms with Crippen molar-refractivity contribution in [2.75, 3.05) is 17.9 Å². The molecule has 0 spiro atoms. The van der Waals surface area contributed by atoms with E-state index in [-0.39, 0.29) is 17.3 Å². The quantitative estimate of drug-likeness (QED) is 0.403. The van der Waals surface area contributed by atoms with E-state index in [0.717, 1.165) is 9.87 Å². The van der Waals surface area contributed by atoms with Gasteiger partial charge in [0.15, 0.2) is 0 Å². The lowest BCUT2D eigenvalue weighted by atomic mass is 10.1. The number of nitrogens with zero attached hydrogens (tertiary/aromatic N) is 2. The average molecular weight is 542 g/mol. The van der Waals surface area contributed by atoms with E-state index in [0.29, 0.717) is 28.3 Å². The Hall–Kier alpha value is -3.36. The first-order valence-electron chi connectivity index (χ1n) is 12.0. The highest BCUT2D eigenvalue weighted by Gasteiger charge is 2.34. The lowest BCUT2D eigenvalue weighted by Gasteiger charge is -2.33. The summed E-state index contributed by atoms with van der Waals surface area (Å²) in [5, 5.41) is 3.06. The van der Waals surface area contributed by atoms with Crippen LogP contribution in [0, 0.1) is 13.8 Å². The molecule has 7 nitrogen and oxygen atoms in total. The summed E-state index contributed by atoms with van der Waals surface area (Å²) in [6, 6.07) is 19.6. The van der Waals surface area contributed by atoms with Crippen molar-refractivity contribution >= 4 is 39.1 Å². The maximum absolute atomic E-state index is 13.9. The zero-order valence-electron chi connectivity index (χ0n) is 21.4. The summed E-state index contributed by atoms with van der Waals surface area (Å²) in [5.74, 6) is -0.860. The summed E-state index contributed by atoms with van der Waals surface area (Å²) < 4.78 is 28.8. The third kappa shape index (κ3) is 6.50. The fourth-order valence-electron chi connectivity index (χ4n) is 4.21. The minimum atomic E-state index is -4.10. The Morgan fingerprint density at radius 1 is 0.973 bits per heavy atom. The molecule has 3 aromatic carbocycles. The molecule has 9 heteroatoms. The van der Waals surface area contributed by atoms with Gasteiger partial charge in [-0.2, -0.15) is 0 Å². The lowest BCUT2D eigenvalue weighted by molar-refractivity contribution is -0.140. The first-order valence-corrected chi connectivity index (χ1v) is 13.8. The Morgan fingerprint density at radius 2 is 1.62 bits per heavy atom. The summed E-state index contributed by atoms with van der Waals surface area (Å²) in [6.07, 6.45) is 0.338. The monoisotopic (exact) mass is 541 g/mol. The van der Waals surface area contributed by atoms with Crippen molar-refractivity contribution in [3.63, 3.8) is 0 Å². The van der Waals surface area contributed by atoms with Gasteiger partial charge in [0.25, 0.3) is 10.0 Å². The van der Waals surface area contributed by atoms with Gasteiger partial charge in [0, 0.05) is 18.6 Å². The van der Waals surface area contributed by atoms with Crippen LogP contribution in [0.4, 0.5) is 5.69 Å². The molecule has 0 aromatic heterocycles. The van der Waals surface area contributed by atoms with Crippen molar-refractivity contribution in [3.05, 3.63) is 94.5 Å². The topological polar surface area (TPSA) is 86.8 Å². The molecule has 0 aliphatic carbocycles. The number of hydrogen-bond donors (Lipinski definition) is 1. The maximum atomic E-state index is 13.9. The van der Waals surface area contributed by atoms with E-state index in [4.69, 9.17) is 11.6 Å². The number of carbonyl (C=O) groups excluding carboxylic acids is 2. The van der Waals surface area contributed by atoms with E-state index < -0.39 is 28.5 Å². The van der Waals surface area contributed by atoms with E-state index in [1.54, 1.807) is 68.4 Å². The van der Waals surface area contributed by atoms with Crippen LogP contribution < -0.4 is 9.62 Å². The van der Waals surface area contributed by atoms with Gasteiger partial charge in [0.1, 0.15) is 12.6 Å². The number of rotatable bonds is 10. The van der Waals surface area contributed by atoms with Crippen LogP contribution in [0.5, 0.6) is 0 Å². The number of likely N-dealkylation sites (N-methyl/N-ethyl adjacent to an activating group) is 1. The van der Waals surface area contributed by atoms with E-state index in [9.17, 15) is 18.0 Å². The molecule has 37 heavy (non-hydrogen) atoms. The molecule has 0 aliphatic rings. The van der Waals surface area contributed by atoms with Gasteiger partial charge in [0.05, 0.1) is 10.6 Å². The Bertz CT molecular complexity index is 1360. The zero-order valence-corrected chi connectivity index (χ0v) is 23.0. The van der Waals surface area contributed by atoms with Gasteiger partial charge >= 0.3 is 0 Å². The predicted octanol–water partition coefficient (Wildman–Crippen LogP) is 4.71. The van der Waals surface area contributed by atoms with E-state index in [1.165, 1.54) is 24.1 Å². The van der Waals surface area contributed by atoms with Crippen molar-refractivity contribution in [1.29, 1.82) is 0 Å². The molecule has 3 aromatic rings. The summed E-state index contributed by atoms with van der Waals surface area (Å²) in [5.41, 5.74) is 2.73. The molecule has 2 amide bonds. The average Bonchev–Trinajstić information content (AvgIpc) is 2.88. The molecule has 0 saturated carbocycles. The highest BCUT2D eigenvalue weighted by molar-refractivity contribution is 7.92. The molecule has 196 valence electrons. The van der Waals surface area contributed by atoms with Crippen LogP contribution in [0.15, 0.2) is 77.7 Å². The van der Waals surface area contributed by atoms with Crippen molar-refractivity contribution in [3.8, 4) is 0 Å². The molecule has 0 heterocycles. The molecule has 0 saturated heterocycles. The van der Waals surface area contributed by atoms with E-state index >= 15 is 0 Å². The number of halogens is 1. The van der Waals surface area contributed by atoms with Gasteiger partial charge in [-0.1, -0.05) is 72.6 Å². The highest BCUT2D eigenvalue weighted by atomic mass is 35.5. The van der Waals surface area contributed by atoms with Crippen LogP contribution in [-0.4, -0.2) is 44.8 Å². The van der Waals surface area contributed by atoms with Crippen molar-refractivity contribution in [1.82, 2.24) is 10.2 Å². The second-order valence-corrected chi connectivity index (χ2v) is 11.0. The van der Waals surface area contributed by atoms with Crippen LogP contribution in [0.2, 0.25) is 5.02 Å². The Morgan fingerprint density at radius 3 is 2.22 bits per heavy atom. The number of benzene rings is 3. The normalized spacial score (nSPS) is 12.0. The van der Waals surface area contributed by atoms with Gasteiger partial charge in [-0.25, -0.2) is 8.42 Å². The summed E-state index contributed by atoms with van der Waals surface area (Å²) in [7, 11) is -2.59. The molecule has 3 rings (SSSR count). The molecule has 1 N–H and O–H groups in total. The smallest absolute Gasteiger partial charge is 0.264 e. The predicted molar refractivity (Wildman–Crippen MR) is 147 cm³/mol. The number of carbonyl (C=O) groups is 2. The van der Waals surface area contributed by atoms with Crippen LogP contribution in [0.3, 0.4) is 0 Å². The van der Waals surface area contributed by atoms with Gasteiger partial charge in [-0.3, -0.25) is 13.9 Å². The molecular formula is C28H32ClN3O4S. The first-order chi connectivity index (χ1) is 17.6. The van der Waals surface area contributed by atoms with Gasteiger partial charge in [-0.05, 0) is 55.7 Å². The zero-order chi connectivity index (χ0) is 27.2. The first kappa shape index (κ1) is 28.2. The minimum absolute atomic E-state index is 0.0521. The van der Waals surface area contributed by atoms with Crippen LogP contribution >= 0.6 is 11.6 Å². The Labute approximate surface area is 224 Å². The van der Waals surface area contributed by atoms with Crippen molar-refractivity contribution in [2.45, 2.75) is 44.7 Å². The molecule has 0 unspecified atom stereocenters. The highest BCUT2D eigenvalue weighted by Crippen LogP contribution is 2.28. The second kappa shape index (κ2) is 12.3. The molecule has 0 fully saturated rings. The fraction of sp³-hybridized carbons (Fsp3) is 0.286. The molecule has 0 bridgehead atoms. The van der Waals surface area contributed by atoms with Crippen LogP contribution in [-0.2, 0) is 26.2 Å². The van der Waals surface area contributed by atoms with Crippen LogP contribution in [0.1, 0.15) is 30.0 Å². The van der Waals surface area contributed by atoms with E-state index in [2.05, 4.69) is 5.32 Å². The van der Waals surface area contributed by atoms with Crippen molar-refractivity contribution in [2.24, 2.45) is 0 Å². The Kier molecular flexibility index (Phi) is 9.34. The standard InChI is InChI=1S/C28H32ClN3O4S/c1-5-25(28(34)30-4)31(18-22-11-9-10-14-24(22)29)27(33)19-32(26-16-15-20(2)17-21(26)3)37(35,36)23-12-7-6-8-13-23/h6-17,25H,5,18-19H2,1-4H3,(H,30,34)/t25-/m1/s1. The lowest BCUT2D eigenvalue weighted by Crippen LogP contribution is -2.51. The van der Waals surface area contributed by atoms with E-state index in [1.807, 2.05) is 13.0 Å². The third-order valence-corrected chi connectivity index (χ3v) is 8.30. The fourth-order valence-corrected chi connectivity index (χ4v) is 5.91. The summed E-state index contributed by atoms with van der Waals surface area (Å²) >= 11 is 6.38. The number of nitrogens with one attached hydrogen (secondary N) is 1. The Balaban J connectivity index is 2.10. The van der Waals surface area contributed by atoms with Gasteiger partial charge in [-0.15, -0.1) is 0 Å². The third-order valence-electron chi connectivity index (χ3n) is 6.16. The van der Waals surface area contributed by atoms with Crippen LogP contribution in [0.25, 0.3) is 0 Å². The summed E-state index contributed by atoms with van der Waals surface area (Å²) in [4.78, 5) is 28.1. The SMILES string of the molecule is CC[C@H](C(=O)NC)N(Cc1ccccc1Cl)C(=O)CN(c1ccc(C)cc1C)S(=O)(=O)c1ccccc1. The van der Waals surface area contributed by atoms with Crippen molar-refractivity contribution < 1.29 is 18.0 Å². The largest absolute Gasteiger partial charge is 0.357 e. The molecule has 0 aliphatic heterocycles. The molecule has 1 atom stereocenters.